The summed E-state index contributed by atoms with van der Waals surface area (Å²) in [4.78, 5) is 29.9. The number of aromatic nitrogens is 2. The molecule has 0 saturated carbocycles. The lowest BCUT2D eigenvalue weighted by atomic mass is 10.2. The summed E-state index contributed by atoms with van der Waals surface area (Å²) >= 11 is 3.14. The van der Waals surface area contributed by atoms with Crippen LogP contribution in [0.15, 0.2) is 27.5 Å². The van der Waals surface area contributed by atoms with Gasteiger partial charge in [0.2, 0.25) is 17.7 Å². The molecule has 0 aliphatic heterocycles. The van der Waals surface area contributed by atoms with Gasteiger partial charge in [0.1, 0.15) is 22.7 Å². The molecule has 0 spiro atoms. The maximum Gasteiger partial charge on any atom is 0.273 e. The number of benzene rings is 1. The summed E-state index contributed by atoms with van der Waals surface area (Å²) in [6.07, 6.45) is 0. The number of hydrogen-bond acceptors (Lipinski definition) is 6. The molecule has 0 radical (unpaired) electrons. The van der Waals surface area contributed by atoms with Gasteiger partial charge < -0.3 is 20.5 Å². The third-order valence-electron chi connectivity index (χ3n) is 3.91. The summed E-state index contributed by atoms with van der Waals surface area (Å²) in [5.41, 5.74) is 4.84. The number of rotatable bonds is 9. The molecule has 29 heavy (non-hydrogen) atoms. The zero-order valence-electron chi connectivity index (χ0n) is 15.9. The number of anilines is 1. The fraction of sp³-hybridized carbons (Fsp3) is 0.389. The van der Waals surface area contributed by atoms with E-state index in [0.29, 0.717) is 0 Å². The van der Waals surface area contributed by atoms with Crippen molar-refractivity contribution >= 4 is 27.8 Å². The third kappa shape index (κ3) is 5.51. The lowest BCUT2D eigenvalue weighted by molar-refractivity contribution is -0.116. The Labute approximate surface area is 174 Å². The summed E-state index contributed by atoms with van der Waals surface area (Å²) < 4.78 is 33.7. The molecule has 2 rings (SSSR count). The van der Waals surface area contributed by atoms with E-state index in [0.717, 1.165) is 12.1 Å². The maximum absolute atomic E-state index is 13.8. The minimum absolute atomic E-state index is 0.000457. The average molecular weight is 475 g/mol. The van der Waals surface area contributed by atoms with E-state index in [1.54, 1.807) is 13.8 Å². The van der Waals surface area contributed by atoms with Crippen LogP contribution in [0.25, 0.3) is 0 Å². The lowest BCUT2D eigenvalue weighted by Gasteiger charge is -2.27. The molecule has 3 N–H and O–H groups in total. The first-order valence-corrected chi connectivity index (χ1v) is 9.47. The van der Waals surface area contributed by atoms with Gasteiger partial charge in [-0.3, -0.25) is 14.2 Å². The number of carbonyl (C=O) groups is 1. The van der Waals surface area contributed by atoms with Crippen LogP contribution in [-0.4, -0.2) is 40.3 Å². The predicted molar refractivity (Wildman–Crippen MR) is 106 cm³/mol. The van der Waals surface area contributed by atoms with Gasteiger partial charge in [-0.05, 0) is 41.9 Å². The molecule has 2 aromatic rings. The van der Waals surface area contributed by atoms with Crippen LogP contribution < -0.4 is 20.9 Å². The van der Waals surface area contributed by atoms with Crippen molar-refractivity contribution in [1.82, 2.24) is 9.55 Å². The quantitative estimate of drug-likeness (QED) is 0.572. The number of ether oxygens (including phenoxy) is 1. The Kier molecular flexibility index (Phi) is 7.68. The van der Waals surface area contributed by atoms with Crippen molar-refractivity contribution in [3.05, 3.63) is 50.2 Å². The first-order valence-electron chi connectivity index (χ1n) is 8.68. The van der Waals surface area contributed by atoms with Crippen molar-refractivity contribution in [2.24, 2.45) is 5.73 Å². The van der Waals surface area contributed by atoms with E-state index in [4.69, 9.17) is 10.5 Å². The average Bonchev–Trinajstić information content (AvgIpc) is 2.62. The van der Waals surface area contributed by atoms with Gasteiger partial charge in [-0.25, -0.2) is 8.78 Å². The molecule has 0 fully saturated rings. The molecule has 158 valence electrons. The van der Waals surface area contributed by atoms with Crippen molar-refractivity contribution < 1.29 is 23.4 Å². The SMILES string of the molecule is CC(C)n1c(N(CCO)CC(N)=O)nc(OCc2ccc(F)cc2F)c(Br)c1=O. The summed E-state index contributed by atoms with van der Waals surface area (Å²) in [5, 5.41) is 9.32. The van der Waals surface area contributed by atoms with Crippen LogP contribution in [0.2, 0.25) is 0 Å². The third-order valence-corrected chi connectivity index (χ3v) is 4.59. The van der Waals surface area contributed by atoms with Gasteiger partial charge in [-0.15, -0.1) is 0 Å². The lowest BCUT2D eigenvalue weighted by Crippen LogP contribution is -2.41. The van der Waals surface area contributed by atoms with Crippen molar-refractivity contribution in [3.63, 3.8) is 0 Å². The molecule has 8 nitrogen and oxygen atoms in total. The van der Waals surface area contributed by atoms with E-state index >= 15 is 0 Å². The molecule has 1 heterocycles. The molecule has 0 unspecified atom stereocenters. The van der Waals surface area contributed by atoms with Crippen molar-refractivity contribution in [2.45, 2.75) is 26.5 Å². The van der Waals surface area contributed by atoms with E-state index in [2.05, 4.69) is 20.9 Å². The predicted octanol–water partition coefficient (Wildman–Crippen LogP) is 1.73. The zero-order valence-corrected chi connectivity index (χ0v) is 17.4. The molecule has 1 aromatic carbocycles. The van der Waals surface area contributed by atoms with Gasteiger partial charge in [0.05, 0.1) is 13.2 Å². The maximum atomic E-state index is 13.8. The van der Waals surface area contributed by atoms with Crippen LogP contribution in [0.3, 0.4) is 0 Å². The van der Waals surface area contributed by atoms with Crippen LogP contribution in [0.4, 0.5) is 14.7 Å². The Hall–Kier alpha value is -2.53. The molecule has 1 amide bonds. The normalized spacial score (nSPS) is 11.0. The smallest absolute Gasteiger partial charge is 0.273 e. The van der Waals surface area contributed by atoms with Gasteiger partial charge >= 0.3 is 0 Å². The molecule has 0 saturated heterocycles. The van der Waals surface area contributed by atoms with Crippen LogP contribution in [0.1, 0.15) is 25.5 Å². The second-order valence-corrected chi connectivity index (χ2v) is 7.23. The van der Waals surface area contributed by atoms with Crippen molar-refractivity contribution in [1.29, 1.82) is 0 Å². The van der Waals surface area contributed by atoms with Gasteiger partial charge in [-0.2, -0.15) is 4.98 Å². The van der Waals surface area contributed by atoms with E-state index in [1.807, 2.05) is 0 Å². The first-order chi connectivity index (χ1) is 13.6. The molecule has 0 bridgehead atoms. The second-order valence-electron chi connectivity index (χ2n) is 6.44. The minimum Gasteiger partial charge on any atom is -0.472 e. The van der Waals surface area contributed by atoms with Crippen LogP contribution in [-0.2, 0) is 11.4 Å². The van der Waals surface area contributed by atoms with Crippen molar-refractivity contribution in [3.8, 4) is 5.88 Å². The summed E-state index contributed by atoms with van der Waals surface area (Å²) in [7, 11) is 0. The number of aliphatic hydroxyl groups excluding tert-OH is 1. The van der Waals surface area contributed by atoms with Gasteiger partial charge in [0, 0.05) is 24.2 Å². The highest BCUT2D eigenvalue weighted by Crippen LogP contribution is 2.26. The zero-order chi connectivity index (χ0) is 21.7. The van der Waals surface area contributed by atoms with E-state index < -0.39 is 23.1 Å². The Bertz CT molecular complexity index is 952. The molecule has 1 aromatic heterocycles. The van der Waals surface area contributed by atoms with Gasteiger partial charge in [0.25, 0.3) is 5.56 Å². The summed E-state index contributed by atoms with van der Waals surface area (Å²) in [6, 6.07) is 2.69. The number of hydrogen-bond donors (Lipinski definition) is 2. The molecule has 0 aliphatic carbocycles. The van der Waals surface area contributed by atoms with Gasteiger partial charge in [0.15, 0.2) is 0 Å². The highest BCUT2D eigenvalue weighted by atomic mass is 79.9. The number of aliphatic hydroxyl groups is 1. The molecular formula is C18H21BrF2N4O4. The van der Waals surface area contributed by atoms with Crippen LogP contribution in [0.5, 0.6) is 5.88 Å². The summed E-state index contributed by atoms with van der Waals surface area (Å²) in [5.74, 6) is -2.28. The number of amides is 1. The highest BCUT2D eigenvalue weighted by Gasteiger charge is 2.23. The van der Waals surface area contributed by atoms with Crippen LogP contribution >= 0.6 is 15.9 Å². The molecular weight excluding hydrogens is 454 g/mol. The number of nitrogens with zero attached hydrogens (tertiary/aromatic N) is 3. The van der Waals surface area contributed by atoms with E-state index in [-0.39, 0.29) is 54.2 Å². The number of primary amides is 1. The molecule has 11 heteroatoms. The monoisotopic (exact) mass is 474 g/mol. The first kappa shape index (κ1) is 22.8. The Morgan fingerprint density at radius 3 is 2.66 bits per heavy atom. The van der Waals surface area contributed by atoms with E-state index in [1.165, 1.54) is 15.5 Å². The van der Waals surface area contributed by atoms with Gasteiger partial charge in [-0.1, -0.05) is 0 Å². The minimum atomic E-state index is -0.799. The number of halogens is 3. The number of carbonyl (C=O) groups excluding carboxylic acids is 1. The largest absolute Gasteiger partial charge is 0.472 e. The Morgan fingerprint density at radius 2 is 2.10 bits per heavy atom. The second kappa shape index (κ2) is 9.79. The molecule has 0 atom stereocenters. The fourth-order valence-electron chi connectivity index (χ4n) is 2.61. The number of nitrogens with two attached hydrogens (primary N) is 1. The van der Waals surface area contributed by atoms with E-state index in [9.17, 15) is 23.5 Å². The standard InChI is InChI=1S/C18H21BrF2N4O4/c1-10(2)25-17(28)15(19)16(23-18(25)24(5-6-26)8-14(22)27)29-9-11-3-4-12(20)7-13(11)21/h3-4,7,10,26H,5-6,8-9H2,1-2H3,(H2,22,27). The van der Waals surface area contributed by atoms with Crippen LogP contribution in [0, 0.1) is 11.6 Å². The fourth-order valence-corrected chi connectivity index (χ4v) is 3.00. The summed E-state index contributed by atoms with van der Waals surface area (Å²) in [6.45, 7) is 2.58. The molecule has 0 aliphatic rings. The highest BCUT2D eigenvalue weighted by molar-refractivity contribution is 9.10. The topological polar surface area (TPSA) is 111 Å². The Balaban J connectivity index is 2.48. The Morgan fingerprint density at radius 1 is 1.41 bits per heavy atom. The van der Waals surface area contributed by atoms with Crippen molar-refractivity contribution in [2.75, 3.05) is 24.6 Å².